The fraction of sp³-hybridized carbons (Fsp3) is 0.158. The van der Waals surface area contributed by atoms with Crippen LogP contribution in [0.3, 0.4) is 0 Å². The van der Waals surface area contributed by atoms with Gasteiger partial charge in [0.05, 0.1) is 6.54 Å². The SMILES string of the molecule is O=C(COC(=O)CNC(=O)c1ccccc1)NCC(=O)Nc1ccc(F)c(F)c1. The van der Waals surface area contributed by atoms with Crippen LogP contribution in [-0.4, -0.2) is 43.4 Å². The van der Waals surface area contributed by atoms with Crippen LogP contribution >= 0.6 is 0 Å². The van der Waals surface area contributed by atoms with Crippen LogP contribution < -0.4 is 16.0 Å². The summed E-state index contributed by atoms with van der Waals surface area (Å²) in [5.74, 6) is -4.94. The predicted molar refractivity (Wildman–Crippen MR) is 97.7 cm³/mol. The Bertz CT molecular complexity index is 906. The van der Waals surface area contributed by atoms with E-state index in [0.717, 1.165) is 18.2 Å². The molecule has 2 aromatic carbocycles. The van der Waals surface area contributed by atoms with Gasteiger partial charge in [0.1, 0.15) is 6.54 Å². The molecule has 0 aliphatic rings. The first kappa shape index (κ1) is 21.5. The molecule has 0 heterocycles. The number of hydrogen-bond acceptors (Lipinski definition) is 5. The standard InChI is InChI=1S/C19H17F2N3O5/c20-14-7-6-13(8-15(14)21)24-16(25)9-22-17(26)11-29-18(27)10-23-19(28)12-4-2-1-3-5-12/h1-8H,9-11H2,(H,22,26)(H,23,28)(H,24,25). The third-order valence-electron chi connectivity index (χ3n) is 3.44. The summed E-state index contributed by atoms with van der Waals surface area (Å²) in [6, 6.07) is 11.0. The lowest BCUT2D eigenvalue weighted by Crippen LogP contribution is -2.37. The summed E-state index contributed by atoms with van der Waals surface area (Å²) in [5.41, 5.74) is 0.383. The first-order valence-electron chi connectivity index (χ1n) is 8.35. The summed E-state index contributed by atoms with van der Waals surface area (Å²) < 4.78 is 30.6. The van der Waals surface area contributed by atoms with Gasteiger partial charge in [-0.1, -0.05) is 18.2 Å². The summed E-state index contributed by atoms with van der Waals surface area (Å²) in [4.78, 5) is 46.6. The highest BCUT2D eigenvalue weighted by Crippen LogP contribution is 2.12. The molecule has 2 aromatic rings. The minimum atomic E-state index is -1.13. The van der Waals surface area contributed by atoms with Crippen molar-refractivity contribution in [1.29, 1.82) is 0 Å². The third-order valence-corrected chi connectivity index (χ3v) is 3.44. The minimum absolute atomic E-state index is 0.0173. The Balaban J connectivity index is 1.64. The Hall–Kier alpha value is -3.82. The summed E-state index contributed by atoms with van der Waals surface area (Å²) in [6.07, 6.45) is 0. The lowest BCUT2D eigenvalue weighted by molar-refractivity contribution is -0.147. The maximum atomic E-state index is 13.1. The van der Waals surface area contributed by atoms with Gasteiger partial charge >= 0.3 is 5.97 Å². The summed E-state index contributed by atoms with van der Waals surface area (Å²) >= 11 is 0. The molecule has 0 aliphatic heterocycles. The van der Waals surface area contributed by atoms with Gasteiger partial charge < -0.3 is 20.7 Å². The molecule has 0 bridgehead atoms. The molecular formula is C19H17F2N3O5. The number of amides is 3. The van der Waals surface area contributed by atoms with Crippen LogP contribution in [0.15, 0.2) is 48.5 Å². The number of anilines is 1. The molecule has 8 nitrogen and oxygen atoms in total. The van der Waals surface area contributed by atoms with Crippen LogP contribution in [0.25, 0.3) is 0 Å². The zero-order valence-corrected chi connectivity index (χ0v) is 15.0. The van der Waals surface area contributed by atoms with E-state index in [-0.39, 0.29) is 5.69 Å². The van der Waals surface area contributed by atoms with Crippen molar-refractivity contribution in [3.8, 4) is 0 Å². The molecule has 0 saturated heterocycles. The van der Waals surface area contributed by atoms with Crippen LogP contribution in [0.4, 0.5) is 14.5 Å². The van der Waals surface area contributed by atoms with E-state index < -0.39 is 55.0 Å². The first-order valence-corrected chi connectivity index (χ1v) is 8.35. The van der Waals surface area contributed by atoms with E-state index in [0.29, 0.717) is 5.56 Å². The number of esters is 1. The molecule has 3 amide bonds. The quantitative estimate of drug-likeness (QED) is 0.567. The molecular weight excluding hydrogens is 388 g/mol. The van der Waals surface area contributed by atoms with Crippen molar-refractivity contribution in [3.05, 3.63) is 65.7 Å². The van der Waals surface area contributed by atoms with Crippen molar-refractivity contribution in [1.82, 2.24) is 10.6 Å². The molecule has 0 unspecified atom stereocenters. The van der Waals surface area contributed by atoms with E-state index in [1.807, 2.05) is 0 Å². The first-order chi connectivity index (χ1) is 13.8. The lowest BCUT2D eigenvalue weighted by Gasteiger charge is -2.08. The molecule has 0 aliphatic carbocycles. The zero-order valence-electron chi connectivity index (χ0n) is 15.0. The van der Waals surface area contributed by atoms with Crippen molar-refractivity contribution >= 4 is 29.4 Å². The Morgan fingerprint density at radius 2 is 1.55 bits per heavy atom. The lowest BCUT2D eigenvalue weighted by atomic mass is 10.2. The number of carbonyl (C=O) groups is 4. The van der Waals surface area contributed by atoms with Gasteiger partial charge in [0.2, 0.25) is 5.91 Å². The van der Waals surface area contributed by atoms with Gasteiger partial charge in [0, 0.05) is 17.3 Å². The Morgan fingerprint density at radius 1 is 0.828 bits per heavy atom. The Morgan fingerprint density at radius 3 is 2.24 bits per heavy atom. The molecule has 29 heavy (non-hydrogen) atoms. The van der Waals surface area contributed by atoms with Crippen molar-refractivity contribution in [2.24, 2.45) is 0 Å². The summed E-state index contributed by atoms with van der Waals surface area (Å²) in [7, 11) is 0. The largest absolute Gasteiger partial charge is 0.454 e. The van der Waals surface area contributed by atoms with E-state index in [9.17, 15) is 28.0 Å². The highest BCUT2D eigenvalue weighted by Gasteiger charge is 2.12. The number of nitrogens with one attached hydrogen (secondary N) is 3. The molecule has 3 N–H and O–H groups in total. The molecule has 0 spiro atoms. The zero-order chi connectivity index (χ0) is 21.2. The average molecular weight is 405 g/mol. The molecule has 0 radical (unpaired) electrons. The highest BCUT2D eigenvalue weighted by atomic mass is 19.2. The number of hydrogen-bond donors (Lipinski definition) is 3. The van der Waals surface area contributed by atoms with Crippen molar-refractivity contribution in [3.63, 3.8) is 0 Å². The third kappa shape index (κ3) is 7.37. The molecule has 0 saturated carbocycles. The average Bonchev–Trinajstić information content (AvgIpc) is 2.72. The van der Waals surface area contributed by atoms with Crippen molar-refractivity contribution in [2.75, 3.05) is 25.0 Å². The van der Waals surface area contributed by atoms with E-state index in [1.165, 1.54) is 0 Å². The van der Waals surface area contributed by atoms with Gasteiger partial charge in [0.25, 0.3) is 11.8 Å². The highest BCUT2D eigenvalue weighted by molar-refractivity contribution is 5.96. The number of benzene rings is 2. The van der Waals surface area contributed by atoms with Gasteiger partial charge in [-0.2, -0.15) is 0 Å². The Kier molecular flexibility index (Phi) is 7.78. The molecule has 2 rings (SSSR count). The van der Waals surface area contributed by atoms with Crippen LogP contribution in [0.1, 0.15) is 10.4 Å². The molecule has 10 heteroatoms. The normalized spacial score (nSPS) is 10.0. The summed E-state index contributed by atoms with van der Waals surface area (Å²) in [6.45, 7) is -1.56. The number of ether oxygens (including phenoxy) is 1. The summed E-state index contributed by atoms with van der Waals surface area (Å²) in [5, 5.41) is 6.80. The molecule has 0 atom stereocenters. The van der Waals surface area contributed by atoms with Crippen LogP contribution in [-0.2, 0) is 19.1 Å². The maximum Gasteiger partial charge on any atom is 0.325 e. The Labute approximate surface area is 164 Å². The van der Waals surface area contributed by atoms with Gasteiger partial charge in [0.15, 0.2) is 18.2 Å². The second-order valence-corrected chi connectivity index (χ2v) is 5.66. The monoisotopic (exact) mass is 405 g/mol. The van der Waals surface area contributed by atoms with Gasteiger partial charge in [-0.15, -0.1) is 0 Å². The van der Waals surface area contributed by atoms with E-state index >= 15 is 0 Å². The minimum Gasteiger partial charge on any atom is -0.454 e. The van der Waals surface area contributed by atoms with Crippen LogP contribution in [0, 0.1) is 11.6 Å². The fourth-order valence-corrected chi connectivity index (χ4v) is 2.05. The van der Waals surface area contributed by atoms with Crippen LogP contribution in [0.2, 0.25) is 0 Å². The maximum absolute atomic E-state index is 13.1. The second-order valence-electron chi connectivity index (χ2n) is 5.66. The predicted octanol–water partition coefficient (Wildman–Crippen LogP) is 0.993. The van der Waals surface area contributed by atoms with E-state index in [2.05, 4.69) is 20.7 Å². The molecule has 0 aromatic heterocycles. The van der Waals surface area contributed by atoms with Crippen LogP contribution in [0.5, 0.6) is 0 Å². The topological polar surface area (TPSA) is 114 Å². The van der Waals surface area contributed by atoms with Crippen molar-refractivity contribution in [2.45, 2.75) is 0 Å². The van der Waals surface area contributed by atoms with E-state index in [4.69, 9.17) is 0 Å². The molecule has 152 valence electrons. The second kappa shape index (κ2) is 10.5. The van der Waals surface area contributed by atoms with Gasteiger partial charge in [-0.3, -0.25) is 19.2 Å². The van der Waals surface area contributed by atoms with Crippen molar-refractivity contribution < 1.29 is 32.7 Å². The number of carbonyl (C=O) groups excluding carboxylic acids is 4. The fourth-order valence-electron chi connectivity index (χ4n) is 2.05. The molecule has 0 fully saturated rings. The number of rotatable bonds is 8. The smallest absolute Gasteiger partial charge is 0.325 e. The van der Waals surface area contributed by atoms with E-state index in [1.54, 1.807) is 30.3 Å². The van der Waals surface area contributed by atoms with Gasteiger partial charge in [-0.05, 0) is 24.3 Å². The number of halogens is 2. The van der Waals surface area contributed by atoms with Gasteiger partial charge in [-0.25, -0.2) is 8.78 Å².